The minimum atomic E-state index is 0.0971. The first kappa shape index (κ1) is 16.7. The fraction of sp³-hybridized carbons (Fsp3) is 0.474. The minimum absolute atomic E-state index is 0.0971. The number of carbonyl (C=O) groups is 1. The van der Waals surface area contributed by atoms with Gasteiger partial charge in [-0.05, 0) is 37.3 Å². The van der Waals surface area contributed by atoms with Crippen LogP contribution < -0.4 is 0 Å². The molecule has 1 aliphatic heterocycles. The number of amides is 1. The van der Waals surface area contributed by atoms with Crippen LogP contribution in [0.1, 0.15) is 24.8 Å². The number of carbonyl (C=O) groups excluding carboxylic acids is 1. The van der Waals surface area contributed by atoms with Crippen LogP contribution in [0.2, 0.25) is 0 Å². The van der Waals surface area contributed by atoms with Gasteiger partial charge in [0.2, 0.25) is 5.91 Å². The molecular weight excluding hydrogens is 302 g/mol. The van der Waals surface area contributed by atoms with E-state index >= 15 is 0 Å². The zero-order valence-corrected chi connectivity index (χ0v) is 14.0. The van der Waals surface area contributed by atoms with Crippen LogP contribution in [0, 0.1) is 0 Å². The van der Waals surface area contributed by atoms with Crippen LogP contribution in [0.4, 0.5) is 0 Å². The lowest BCUT2D eigenvalue weighted by atomic mass is 10.0. The molecule has 2 heterocycles. The quantitative estimate of drug-likeness (QED) is 0.734. The molecule has 0 bridgehead atoms. The van der Waals surface area contributed by atoms with Gasteiger partial charge in [-0.15, -0.1) is 0 Å². The van der Waals surface area contributed by atoms with E-state index in [-0.39, 0.29) is 18.6 Å². The fourth-order valence-electron chi connectivity index (χ4n) is 3.22. The lowest BCUT2D eigenvalue weighted by Gasteiger charge is -2.35. The van der Waals surface area contributed by atoms with Crippen molar-refractivity contribution in [2.75, 3.05) is 19.8 Å². The normalized spacial score (nSPS) is 17.8. The van der Waals surface area contributed by atoms with Crippen LogP contribution >= 0.6 is 0 Å². The molecule has 1 fully saturated rings. The number of aromatic nitrogens is 2. The first-order valence-corrected chi connectivity index (χ1v) is 8.71. The van der Waals surface area contributed by atoms with Gasteiger partial charge in [-0.3, -0.25) is 9.48 Å². The molecule has 1 aliphatic rings. The van der Waals surface area contributed by atoms with Crippen LogP contribution in [0.25, 0.3) is 0 Å². The second-order valence-electron chi connectivity index (χ2n) is 6.25. The average molecular weight is 327 g/mol. The van der Waals surface area contributed by atoms with Crippen LogP contribution in [0.3, 0.4) is 0 Å². The van der Waals surface area contributed by atoms with E-state index in [0.717, 1.165) is 32.4 Å². The van der Waals surface area contributed by atoms with Crippen LogP contribution in [0.5, 0.6) is 0 Å². The van der Waals surface area contributed by atoms with Crippen molar-refractivity contribution in [2.45, 2.75) is 38.3 Å². The summed E-state index contributed by atoms with van der Waals surface area (Å²) in [6.45, 7) is 2.34. The summed E-state index contributed by atoms with van der Waals surface area (Å²) in [6.07, 6.45) is 7.85. The van der Waals surface area contributed by atoms with Crippen molar-refractivity contribution in [1.82, 2.24) is 14.7 Å². The topological polar surface area (TPSA) is 47.4 Å². The third kappa shape index (κ3) is 4.68. The summed E-state index contributed by atoms with van der Waals surface area (Å²) in [5.41, 5.74) is 1.24. The van der Waals surface area contributed by atoms with Gasteiger partial charge in [-0.25, -0.2) is 0 Å². The number of hydrogen-bond acceptors (Lipinski definition) is 3. The molecule has 5 heteroatoms. The Balaban J connectivity index is 1.45. The van der Waals surface area contributed by atoms with E-state index < -0.39 is 0 Å². The first-order chi connectivity index (χ1) is 11.8. The summed E-state index contributed by atoms with van der Waals surface area (Å²) >= 11 is 0. The van der Waals surface area contributed by atoms with Crippen LogP contribution in [-0.4, -0.2) is 46.4 Å². The maximum absolute atomic E-state index is 12.5. The second-order valence-corrected chi connectivity index (χ2v) is 6.25. The molecule has 5 nitrogen and oxygen atoms in total. The van der Waals surface area contributed by atoms with Gasteiger partial charge < -0.3 is 9.64 Å². The van der Waals surface area contributed by atoms with Gasteiger partial charge in [-0.2, -0.15) is 5.10 Å². The van der Waals surface area contributed by atoms with Crippen molar-refractivity contribution >= 4 is 5.91 Å². The predicted octanol–water partition coefficient (Wildman–Crippen LogP) is 2.52. The molecule has 0 radical (unpaired) electrons. The lowest BCUT2D eigenvalue weighted by molar-refractivity contribution is -0.140. The Labute approximate surface area is 143 Å². The zero-order valence-electron chi connectivity index (χ0n) is 14.0. The van der Waals surface area contributed by atoms with Gasteiger partial charge in [0, 0.05) is 18.9 Å². The molecule has 2 aromatic rings. The van der Waals surface area contributed by atoms with Crippen molar-refractivity contribution in [3.63, 3.8) is 0 Å². The Bertz CT molecular complexity index is 613. The average Bonchev–Trinajstić information content (AvgIpc) is 3.13. The fourth-order valence-corrected chi connectivity index (χ4v) is 3.22. The van der Waals surface area contributed by atoms with Crippen LogP contribution in [-0.2, 0) is 22.5 Å². The van der Waals surface area contributed by atoms with E-state index in [1.165, 1.54) is 12.0 Å². The number of likely N-dealkylation sites (tertiary alicyclic amines) is 1. The van der Waals surface area contributed by atoms with Crippen molar-refractivity contribution < 1.29 is 9.53 Å². The predicted molar refractivity (Wildman–Crippen MR) is 92.5 cm³/mol. The van der Waals surface area contributed by atoms with Gasteiger partial charge in [0.15, 0.2) is 0 Å². The molecule has 24 heavy (non-hydrogen) atoms. The van der Waals surface area contributed by atoms with Gasteiger partial charge >= 0.3 is 0 Å². The molecule has 0 unspecified atom stereocenters. The molecule has 0 spiro atoms. The minimum Gasteiger partial charge on any atom is -0.371 e. The largest absolute Gasteiger partial charge is 0.371 e. The number of ether oxygens (including phenoxy) is 1. The Hall–Kier alpha value is -2.14. The Morgan fingerprint density at radius 1 is 1.21 bits per heavy atom. The summed E-state index contributed by atoms with van der Waals surface area (Å²) in [7, 11) is 0. The molecule has 0 saturated carbocycles. The van der Waals surface area contributed by atoms with E-state index in [1.807, 2.05) is 40.0 Å². The molecule has 0 aliphatic carbocycles. The standard InChI is InChI=1S/C19H25N3O2/c23-19(16-24-14-10-17-7-2-1-3-8-17)22-13-5-4-9-18(22)15-21-12-6-11-20-21/h1-3,6-8,11-12,18H,4-5,9-10,13-16H2/t18-/m0/s1. The monoisotopic (exact) mass is 327 g/mol. The third-order valence-electron chi connectivity index (χ3n) is 4.51. The van der Waals surface area contributed by atoms with E-state index in [4.69, 9.17) is 4.74 Å². The van der Waals surface area contributed by atoms with Crippen LogP contribution in [0.15, 0.2) is 48.8 Å². The molecule has 1 aromatic carbocycles. The number of rotatable bonds is 7. The Morgan fingerprint density at radius 2 is 2.08 bits per heavy atom. The molecular formula is C19H25N3O2. The Kier molecular flexibility index (Phi) is 6.01. The van der Waals surface area contributed by atoms with Gasteiger partial charge in [0.05, 0.1) is 19.2 Å². The highest BCUT2D eigenvalue weighted by molar-refractivity contribution is 5.77. The van der Waals surface area contributed by atoms with E-state index in [9.17, 15) is 4.79 Å². The van der Waals surface area contributed by atoms with E-state index in [2.05, 4.69) is 17.2 Å². The summed E-state index contributed by atoms with van der Waals surface area (Å²) in [5, 5.41) is 4.26. The summed E-state index contributed by atoms with van der Waals surface area (Å²) < 4.78 is 7.53. The highest BCUT2D eigenvalue weighted by Gasteiger charge is 2.26. The summed E-state index contributed by atoms with van der Waals surface area (Å²) in [6, 6.07) is 12.4. The molecule has 3 rings (SSSR count). The van der Waals surface area contributed by atoms with Crippen molar-refractivity contribution in [1.29, 1.82) is 0 Å². The van der Waals surface area contributed by atoms with Gasteiger partial charge in [0.1, 0.15) is 6.61 Å². The maximum Gasteiger partial charge on any atom is 0.248 e. The summed E-state index contributed by atoms with van der Waals surface area (Å²) in [5.74, 6) is 0.0971. The number of hydrogen-bond donors (Lipinski definition) is 0. The van der Waals surface area contributed by atoms with Gasteiger partial charge in [0.25, 0.3) is 0 Å². The molecule has 1 saturated heterocycles. The molecule has 1 amide bonds. The van der Waals surface area contributed by atoms with E-state index in [0.29, 0.717) is 6.61 Å². The maximum atomic E-state index is 12.5. The zero-order chi connectivity index (χ0) is 16.6. The number of benzene rings is 1. The van der Waals surface area contributed by atoms with Crippen molar-refractivity contribution in [2.24, 2.45) is 0 Å². The Morgan fingerprint density at radius 3 is 2.88 bits per heavy atom. The second kappa shape index (κ2) is 8.64. The molecule has 128 valence electrons. The van der Waals surface area contributed by atoms with Gasteiger partial charge in [-0.1, -0.05) is 30.3 Å². The first-order valence-electron chi connectivity index (χ1n) is 8.71. The van der Waals surface area contributed by atoms with E-state index in [1.54, 1.807) is 6.20 Å². The SMILES string of the molecule is O=C(COCCc1ccccc1)N1CCCC[C@H]1Cn1cccn1. The number of nitrogens with zero attached hydrogens (tertiary/aromatic N) is 3. The van der Waals surface area contributed by atoms with Crippen molar-refractivity contribution in [3.05, 3.63) is 54.4 Å². The van der Waals surface area contributed by atoms with Crippen molar-refractivity contribution in [3.8, 4) is 0 Å². The molecule has 0 N–H and O–H groups in total. The lowest BCUT2D eigenvalue weighted by Crippen LogP contribution is -2.47. The smallest absolute Gasteiger partial charge is 0.248 e. The molecule has 1 atom stereocenters. The molecule has 1 aromatic heterocycles. The highest BCUT2D eigenvalue weighted by Crippen LogP contribution is 2.18. The summed E-state index contributed by atoms with van der Waals surface area (Å²) in [4.78, 5) is 14.5. The third-order valence-corrected chi connectivity index (χ3v) is 4.51. The number of piperidine rings is 1. The highest BCUT2D eigenvalue weighted by atomic mass is 16.5.